The number of rotatable bonds is 34. The van der Waals surface area contributed by atoms with Crippen molar-refractivity contribution in [3.63, 3.8) is 0 Å². The van der Waals surface area contributed by atoms with Crippen molar-refractivity contribution in [2.75, 3.05) is 62.4 Å². The normalized spacial score (nSPS) is 24.7. The zero-order valence-electron chi connectivity index (χ0n) is 53.1. The van der Waals surface area contributed by atoms with Gasteiger partial charge in [0.05, 0.1) is 49.7 Å². The summed E-state index contributed by atoms with van der Waals surface area (Å²) in [6.45, 7) is 1.55. The van der Waals surface area contributed by atoms with E-state index in [9.17, 15) is 79.2 Å². The predicted octanol–water partition coefficient (Wildman–Crippen LogP) is 2.70. The van der Waals surface area contributed by atoms with E-state index in [1.165, 1.54) is 60.6 Å². The van der Waals surface area contributed by atoms with Crippen LogP contribution in [0, 0.1) is 0 Å². The zero-order chi connectivity index (χ0) is 68.0. The van der Waals surface area contributed by atoms with Gasteiger partial charge in [-0.05, 0) is 122 Å². The molecule has 0 unspecified atom stereocenters. The van der Waals surface area contributed by atoms with Crippen LogP contribution in [-0.2, 0) is 38.1 Å². The summed E-state index contributed by atoms with van der Waals surface area (Å²) in [5.41, 5.74) is 3.58. The lowest BCUT2D eigenvalue weighted by atomic mass is 9.84. The molecule has 12 atom stereocenters. The average Bonchev–Trinajstić information content (AvgIpc) is 0.791. The number of carboxylic acid groups (broad SMARTS) is 2. The summed E-state index contributed by atoms with van der Waals surface area (Å²) < 4.78 is 23.2. The van der Waals surface area contributed by atoms with Crippen molar-refractivity contribution in [1.29, 1.82) is 0 Å². The van der Waals surface area contributed by atoms with Gasteiger partial charge in [0.2, 0.25) is 11.8 Å². The molecule has 2 aliphatic carbocycles. The molecule has 14 N–H and O–H groups in total. The Balaban J connectivity index is 0.769. The first-order valence-corrected chi connectivity index (χ1v) is 34.6. The fourth-order valence-corrected chi connectivity index (χ4v) is 13.9. The van der Waals surface area contributed by atoms with Crippen molar-refractivity contribution in [3.8, 4) is 0 Å². The van der Waals surface area contributed by atoms with E-state index in [0.29, 0.717) is 69.9 Å². The van der Waals surface area contributed by atoms with Gasteiger partial charge in [0.1, 0.15) is 24.4 Å². The Morgan fingerprint density at radius 3 is 1.13 bits per heavy atom. The second-order valence-corrected chi connectivity index (χ2v) is 26.9. The lowest BCUT2D eigenvalue weighted by Gasteiger charge is -2.46. The molecule has 518 valence electrons. The van der Waals surface area contributed by atoms with Crippen molar-refractivity contribution < 1.29 is 98.2 Å². The molecule has 0 aromatic heterocycles. The van der Waals surface area contributed by atoms with Crippen LogP contribution in [0.25, 0.3) is 0 Å². The van der Waals surface area contributed by atoms with E-state index in [1.807, 2.05) is 24.3 Å². The number of carbonyl (C=O) groups excluding carboxylic acids is 6. The second-order valence-electron chi connectivity index (χ2n) is 24.4. The highest BCUT2D eigenvalue weighted by molar-refractivity contribution is 7.99. The lowest BCUT2D eigenvalue weighted by molar-refractivity contribution is -0.310. The number of aliphatic carboxylic acids is 2. The third-order valence-electron chi connectivity index (χ3n) is 17.5. The quantitative estimate of drug-likeness (QED) is 0.0382. The molecule has 28 heteroatoms. The number of nitrogens with one attached hydrogen (secondary N) is 6. The van der Waals surface area contributed by atoms with Crippen LogP contribution >= 0.6 is 23.5 Å². The molecule has 4 fully saturated rings. The first-order chi connectivity index (χ1) is 45.0. The minimum Gasteiger partial charge on any atom is -0.477 e. The van der Waals surface area contributed by atoms with E-state index in [4.69, 9.17) is 18.9 Å². The minimum atomic E-state index is -2.47. The van der Waals surface area contributed by atoms with Crippen LogP contribution in [-0.4, -0.2) is 223 Å². The molecule has 7 rings (SSSR count). The molecule has 4 aliphatic rings. The summed E-state index contributed by atoms with van der Waals surface area (Å²) in [6, 6.07) is 17.7. The van der Waals surface area contributed by atoms with Gasteiger partial charge in [0, 0.05) is 86.6 Å². The number of carbonyl (C=O) groups is 8. The second kappa shape index (κ2) is 36.7. The highest BCUT2D eigenvalue weighted by atomic mass is 32.2. The molecule has 2 heterocycles. The van der Waals surface area contributed by atoms with Crippen molar-refractivity contribution in [2.45, 2.75) is 188 Å². The Bertz CT molecular complexity index is 2780. The van der Waals surface area contributed by atoms with Gasteiger partial charge in [-0.15, -0.1) is 0 Å². The van der Waals surface area contributed by atoms with Gasteiger partial charge < -0.3 is 91.7 Å². The van der Waals surface area contributed by atoms with Crippen molar-refractivity contribution in [1.82, 2.24) is 31.9 Å². The molecule has 3 aromatic carbocycles. The number of thioether (sulfide) groups is 2. The molecule has 0 spiro atoms. The Morgan fingerprint density at radius 1 is 0.489 bits per heavy atom. The Hall–Kier alpha value is -6.28. The van der Waals surface area contributed by atoms with E-state index < -0.39 is 134 Å². The third-order valence-corrected chi connectivity index (χ3v) is 19.6. The van der Waals surface area contributed by atoms with E-state index in [2.05, 4.69) is 31.9 Å². The Morgan fingerprint density at radius 2 is 0.809 bits per heavy atom. The smallest absolute Gasteiger partial charge is 0.364 e. The van der Waals surface area contributed by atoms with Crippen LogP contribution in [0.15, 0.2) is 72.8 Å². The summed E-state index contributed by atoms with van der Waals surface area (Å²) >= 11 is 2.86. The van der Waals surface area contributed by atoms with Crippen LogP contribution in [0.3, 0.4) is 0 Å². The van der Waals surface area contributed by atoms with Gasteiger partial charge in [-0.25, -0.2) is 9.59 Å². The van der Waals surface area contributed by atoms with Crippen molar-refractivity contribution in [3.05, 3.63) is 106 Å². The minimum absolute atomic E-state index is 0.172. The lowest BCUT2D eigenvalue weighted by Crippen LogP contribution is -2.68. The number of aliphatic hydroxyl groups excluding tert-OH is 6. The van der Waals surface area contributed by atoms with Crippen molar-refractivity contribution in [2.24, 2.45) is 0 Å². The number of amides is 6. The maximum Gasteiger partial charge on any atom is 0.364 e. The number of aliphatic hydroxyl groups is 6. The Kier molecular flexibility index (Phi) is 29.3. The van der Waals surface area contributed by atoms with Crippen LogP contribution in [0.2, 0.25) is 0 Å². The van der Waals surface area contributed by atoms with E-state index in [-0.39, 0.29) is 38.1 Å². The van der Waals surface area contributed by atoms with Crippen LogP contribution in [0.5, 0.6) is 0 Å². The molecule has 0 bridgehead atoms. The molecule has 2 aliphatic heterocycles. The maximum absolute atomic E-state index is 13.0. The van der Waals surface area contributed by atoms with Gasteiger partial charge in [-0.1, -0.05) is 62.8 Å². The van der Waals surface area contributed by atoms with E-state index in [0.717, 1.165) is 76.3 Å². The summed E-state index contributed by atoms with van der Waals surface area (Å²) in [7, 11) is 0. The molecule has 2 saturated carbocycles. The van der Waals surface area contributed by atoms with Gasteiger partial charge >= 0.3 is 11.9 Å². The van der Waals surface area contributed by atoms with Crippen molar-refractivity contribution >= 4 is 70.9 Å². The average molecular weight is 1350 g/mol. The van der Waals surface area contributed by atoms with Crippen LogP contribution in [0.1, 0.15) is 168 Å². The number of benzene rings is 3. The number of carboxylic acids is 2. The summed E-state index contributed by atoms with van der Waals surface area (Å²) in [5, 5.41) is 103. The summed E-state index contributed by atoms with van der Waals surface area (Å²) in [4.78, 5) is 102. The molecular formula is C66H92N6O20S2. The molecule has 26 nitrogen and oxygen atoms in total. The summed E-state index contributed by atoms with van der Waals surface area (Å²) in [6.07, 6.45) is -3.05. The molecule has 3 aromatic rings. The van der Waals surface area contributed by atoms with Gasteiger partial charge in [-0.2, -0.15) is 23.5 Å². The predicted molar refractivity (Wildman–Crippen MR) is 347 cm³/mol. The Labute approximate surface area is 555 Å². The largest absolute Gasteiger partial charge is 0.477 e. The monoisotopic (exact) mass is 1350 g/mol. The number of hydrogen-bond acceptors (Lipinski definition) is 20. The number of hydrogen-bond donors (Lipinski definition) is 14. The highest BCUT2D eigenvalue weighted by Crippen LogP contribution is 2.37. The maximum atomic E-state index is 13.0. The highest BCUT2D eigenvalue weighted by Gasteiger charge is 2.57. The SMILES string of the molecule is CC(=O)N[C@@H]1[C@H]([C@H](O)[C@@H](O)CNC(=O)c2ccc(C3CCCCC3)cc2)O[C@@](OCCCSCCNC(=O)c2ccc(C(=O)NCCSCCCO[C@]3(C(=O)O)C[C@H](O)[C@@H](NC(C)=O)[C@H]([C@H](O)[C@H](O)CNC(=O)c4ccc(C5CCCCC5)cc4)O3)cc2)(C(=O)O)C[C@@H]1O. The number of ether oxygens (including phenoxy) is 4. The third kappa shape index (κ3) is 21.4. The zero-order valence-corrected chi connectivity index (χ0v) is 54.8. The van der Waals surface area contributed by atoms with E-state index in [1.54, 1.807) is 24.3 Å². The van der Waals surface area contributed by atoms with E-state index >= 15 is 0 Å². The molecule has 0 radical (unpaired) electrons. The van der Waals surface area contributed by atoms with Crippen LogP contribution in [0.4, 0.5) is 0 Å². The summed E-state index contributed by atoms with van der Waals surface area (Å²) in [5.74, 6) is -8.52. The first-order valence-electron chi connectivity index (χ1n) is 32.3. The fraction of sp³-hybridized carbons (Fsp3) is 0.606. The standard InChI is InChI=1S/C66H92N6O20S2/c1-39(73)71-53-49(75)35-65(63(85)86,91-57(53)55(79)51(77)37-69-61(83)47-19-15-43(16-20-47)41-11-5-3-6-12-41)89-29-9-31-93-33-27-67-59(81)45-23-25-46(26-24-45)60(82)68-28-34-94-32-10-30-90-66(64(87)88)36-50(76)54(72-40(2)74)58(92-66)56(80)52(78)38-70-62(84)48-21-17-44(18-22-48)42-13-7-4-8-14-42/h15-26,41-42,49-58,75-80H,3-14,27-38H2,1-2H3,(H,67,81)(H,68,82)(H,69,83)(H,70,84)(H,71,73)(H,72,74)(H,85,86)(H,87,88)/t49-,50-,51-,52+,53-,54+,55+,56+,57+,58+,65+,66+/m0/s1. The topological polar surface area (TPSA) is 408 Å². The molecule has 6 amide bonds. The van der Waals surface area contributed by atoms with Gasteiger partial charge in [-0.3, -0.25) is 28.8 Å². The van der Waals surface area contributed by atoms with Gasteiger partial charge in [0.25, 0.3) is 35.2 Å². The van der Waals surface area contributed by atoms with Crippen LogP contribution < -0.4 is 31.9 Å². The molecular weight excluding hydrogens is 1260 g/mol. The van der Waals surface area contributed by atoms with Gasteiger partial charge in [0.15, 0.2) is 0 Å². The molecule has 94 heavy (non-hydrogen) atoms. The molecule has 2 saturated heterocycles. The first kappa shape index (κ1) is 75.1. The fourth-order valence-electron chi connectivity index (χ4n) is 12.3.